The maximum atomic E-state index is 6.03. The molecule has 0 bridgehead atoms. The first kappa shape index (κ1) is 13.0. The lowest BCUT2D eigenvalue weighted by Crippen LogP contribution is -2.26. The lowest BCUT2D eigenvalue weighted by atomic mass is 10.1. The second kappa shape index (κ2) is 5.15. The Hall–Kier alpha value is -2.04. The maximum absolute atomic E-state index is 6.03. The molecule has 0 fully saturated rings. The molecular weight excluding hydrogens is 252 g/mol. The van der Waals surface area contributed by atoms with Crippen molar-refractivity contribution in [3.8, 4) is 5.75 Å². The van der Waals surface area contributed by atoms with E-state index in [1.54, 1.807) is 0 Å². The van der Waals surface area contributed by atoms with Crippen molar-refractivity contribution in [3.63, 3.8) is 0 Å². The molecule has 1 aromatic heterocycles. The minimum absolute atomic E-state index is 0.0942. The molecule has 20 heavy (non-hydrogen) atoms. The van der Waals surface area contributed by atoms with Gasteiger partial charge >= 0.3 is 0 Å². The fourth-order valence-corrected chi connectivity index (χ4v) is 2.44. The van der Waals surface area contributed by atoms with Crippen LogP contribution >= 0.6 is 0 Å². The molecule has 0 amide bonds. The molecule has 3 rings (SSSR count). The number of hydrogen-bond acceptors (Lipinski definition) is 4. The number of ether oxygens (including phenoxy) is 1. The van der Waals surface area contributed by atoms with Crippen LogP contribution in [0.3, 0.4) is 0 Å². The Bertz CT molecular complexity index is 606. The first-order valence-corrected chi connectivity index (χ1v) is 7.03. The number of nitrogens with zero attached hydrogens (tertiary/aromatic N) is 3. The molecule has 0 aliphatic carbocycles. The van der Waals surface area contributed by atoms with Crippen molar-refractivity contribution in [3.05, 3.63) is 35.9 Å². The quantitative estimate of drug-likeness (QED) is 0.933. The highest BCUT2D eigenvalue weighted by atomic mass is 16.5. The third-order valence-corrected chi connectivity index (χ3v) is 3.35. The van der Waals surface area contributed by atoms with Gasteiger partial charge in [0.15, 0.2) is 17.8 Å². The van der Waals surface area contributed by atoms with Crippen molar-refractivity contribution in [1.82, 2.24) is 14.8 Å². The van der Waals surface area contributed by atoms with Gasteiger partial charge in [0.1, 0.15) is 5.75 Å². The van der Waals surface area contributed by atoms with E-state index in [2.05, 4.69) is 29.2 Å². The zero-order chi connectivity index (χ0) is 14.1. The van der Waals surface area contributed by atoms with Gasteiger partial charge in [-0.15, -0.1) is 0 Å². The monoisotopic (exact) mass is 272 g/mol. The van der Waals surface area contributed by atoms with Gasteiger partial charge in [0.25, 0.3) is 0 Å². The van der Waals surface area contributed by atoms with Crippen LogP contribution in [-0.2, 0) is 13.5 Å². The molecule has 106 valence electrons. The van der Waals surface area contributed by atoms with Crippen LogP contribution in [0, 0.1) is 5.92 Å². The summed E-state index contributed by atoms with van der Waals surface area (Å²) in [6.07, 6.45) is 0.799. The van der Waals surface area contributed by atoms with Gasteiger partial charge in [-0.1, -0.05) is 26.0 Å². The summed E-state index contributed by atoms with van der Waals surface area (Å²) in [5.41, 5.74) is 1.04. The van der Waals surface area contributed by atoms with Crippen molar-refractivity contribution in [2.75, 3.05) is 11.9 Å². The lowest BCUT2D eigenvalue weighted by molar-refractivity contribution is 0.195. The summed E-state index contributed by atoms with van der Waals surface area (Å²) < 4.78 is 7.86. The number of fused-ring (bicyclic) bond motifs is 1. The Kier molecular flexibility index (Phi) is 3.34. The van der Waals surface area contributed by atoms with Crippen LogP contribution in [0.1, 0.15) is 31.6 Å². The number of hydrogen-bond donors (Lipinski definition) is 1. The Labute approximate surface area is 119 Å². The molecule has 2 heterocycles. The lowest BCUT2D eigenvalue weighted by Gasteiger charge is -2.26. The van der Waals surface area contributed by atoms with Crippen LogP contribution in [0.25, 0.3) is 0 Å². The van der Waals surface area contributed by atoms with Gasteiger partial charge in [-0.3, -0.25) is 0 Å². The third-order valence-electron chi connectivity index (χ3n) is 3.35. The molecule has 1 atom stereocenters. The summed E-state index contributed by atoms with van der Waals surface area (Å²) in [5.74, 6) is 3.19. The van der Waals surface area contributed by atoms with E-state index in [4.69, 9.17) is 4.74 Å². The molecule has 0 saturated heterocycles. The molecule has 5 nitrogen and oxygen atoms in total. The normalized spacial score (nSPS) is 17.5. The van der Waals surface area contributed by atoms with Gasteiger partial charge in [0, 0.05) is 13.5 Å². The van der Waals surface area contributed by atoms with Crippen LogP contribution < -0.4 is 10.1 Å². The van der Waals surface area contributed by atoms with Gasteiger partial charge in [0.2, 0.25) is 0 Å². The average molecular weight is 272 g/mol. The zero-order valence-electron chi connectivity index (χ0n) is 12.1. The molecule has 0 saturated carbocycles. The van der Waals surface area contributed by atoms with E-state index in [0.717, 1.165) is 29.5 Å². The van der Waals surface area contributed by atoms with Gasteiger partial charge in [0.05, 0.1) is 12.2 Å². The number of rotatable bonds is 3. The van der Waals surface area contributed by atoms with Gasteiger partial charge < -0.3 is 10.1 Å². The number of nitrogens with one attached hydrogen (secondary N) is 1. The van der Waals surface area contributed by atoms with E-state index in [9.17, 15) is 0 Å². The summed E-state index contributed by atoms with van der Waals surface area (Å²) in [4.78, 5) is 4.63. The zero-order valence-corrected chi connectivity index (χ0v) is 12.1. The van der Waals surface area contributed by atoms with Crippen LogP contribution in [0.2, 0.25) is 0 Å². The van der Waals surface area contributed by atoms with Crippen molar-refractivity contribution in [2.24, 2.45) is 13.0 Å². The van der Waals surface area contributed by atoms with Crippen molar-refractivity contribution in [2.45, 2.75) is 26.4 Å². The largest absolute Gasteiger partial charge is 0.478 e. The van der Waals surface area contributed by atoms with Gasteiger partial charge in [-0.25, -0.2) is 9.67 Å². The highest BCUT2D eigenvalue weighted by Gasteiger charge is 2.25. The van der Waals surface area contributed by atoms with Crippen LogP contribution in [0.4, 0.5) is 5.69 Å². The molecule has 1 unspecified atom stereocenters. The van der Waals surface area contributed by atoms with E-state index in [1.165, 1.54) is 0 Å². The Balaban J connectivity index is 1.82. The standard InChI is InChI=1S/C15H20N4O/c1-10(2)8-14-17-15(19(3)18-14)13-9-16-11-6-4-5-7-12(11)20-13/h4-7,10,13,16H,8-9H2,1-3H3. The highest BCUT2D eigenvalue weighted by Crippen LogP contribution is 2.33. The fourth-order valence-electron chi connectivity index (χ4n) is 2.44. The van der Waals surface area contributed by atoms with Crippen molar-refractivity contribution < 1.29 is 4.74 Å². The van der Waals surface area contributed by atoms with Crippen molar-refractivity contribution in [1.29, 1.82) is 0 Å². The maximum Gasteiger partial charge on any atom is 0.175 e. The molecule has 5 heteroatoms. The fraction of sp³-hybridized carbons (Fsp3) is 0.467. The molecule has 1 aliphatic rings. The SMILES string of the molecule is CC(C)Cc1nc(C2CNc3ccccc3O2)n(C)n1. The summed E-state index contributed by atoms with van der Waals surface area (Å²) in [5, 5.41) is 7.86. The van der Waals surface area contributed by atoms with Gasteiger partial charge in [-0.05, 0) is 18.1 Å². The average Bonchev–Trinajstić information content (AvgIpc) is 2.78. The molecular formula is C15H20N4O. The highest BCUT2D eigenvalue weighted by molar-refractivity contribution is 5.57. The van der Waals surface area contributed by atoms with E-state index in [1.807, 2.05) is 36.0 Å². The van der Waals surface area contributed by atoms with Crippen LogP contribution in [-0.4, -0.2) is 21.3 Å². The summed E-state index contributed by atoms with van der Waals surface area (Å²) in [6, 6.07) is 7.97. The summed E-state index contributed by atoms with van der Waals surface area (Å²) >= 11 is 0. The van der Waals surface area contributed by atoms with E-state index in [0.29, 0.717) is 12.5 Å². The number of benzene rings is 1. The molecule has 0 spiro atoms. The molecule has 1 aliphatic heterocycles. The van der Waals surface area contributed by atoms with Crippen molar-refractivity contribution >= 4 is 5.69 Å². The smallest absolute Gasteiger partial charge is 0.175 e. The first-order valence-electron chi connectivity index (χ1n) is 7.03. The first-order chi connectivity index (χ1) is 9.63. The second-order valence-electron chi connectivity index (χ2n) is 5.59. The Morgan fingerprint density at radius 2 is 2.20 bits per heavy atom. The number of aromatic nitrogens is 3. The molecule has 2 aromatic rings. The summed E-state index contributed by atoms with van der Waals surface area (Å²) in [6.45, 7) is 5.06. The second-order valence-corrected chi connectivity index (χ2v) is 5.59. The number of aryl methyl sites for hydroxylation is 1. The van der Waals surface area contributed by atoms with E-state index < -0.39 is 0 Å². The van der Waals surface area contributed by atoms with E-state index in [-0.39, 0.29) is 6.10 Å². The Morgan fingerprint density at radius 1 is 1.40 bits per heavy atom. The molecule has 1 N–H and O–H groups in total. The van der Waals surface area contributed by atoms with Crippen LogP contribution in [0.5, 0.6) is 5.75 Å². The number of para-hydroxylation sites is 2. The molecule has 1 aromatic carbocycles. The number of anilines is 1. The topological polar surface area (TPSA) is 52.0 Å². The minimum Gasteiger partial charge on any atom is -0.478 e. The van der Waals surface area contributed by atoms with Crippen LogP contribution in [0.15, 0.2) is 24.3 Å². The van der Waals surface area contributed by atoms with Gasteiger partial charge in [-0.2, -0.15) is 5.10 Å². The summed E-state index contributed by atoms with van der Waals surface area (Å²) in [7, 11) is 1.93. The Morgan fingerprint density at radius 3 is 3.00 bits per heavy atom. The predicted molar refractivity (Wildman–Crippen MR) is 77.8 cm³/mol. The molecule has 0 radical (unpaired) electrons. The minimum atomic E-state index is -0.0942. The van der Waals surface area contributed by atoms with E-state index >= 15 is 0 Å². The third kappa shape index (κ3) is 2.48. The predicted octanol–water partition coefficient (Wildman–Crippen LogP) is 2.56.